The predicted molar refractivity (Wildman–Crippen MR) is 77.4 cm³/mol. The molecular formula is C13H12BrClN2O3. The minimum atomic E-state index is -1.09. The Kier molecular flexibility index (Phi) is 3.88. The van der Waals surface area contributed by atoms with Crippen LogP contribution in [0.3, 0.4) is 0 Å². The van der Waals surface area contributed by atoms with E-state index in [1.165, 1.54) is 4.90 Å². The molecule has 1 fully saturated rings. The molecule has 0 saturated carbocycles. The van der Waals surface area contributed by atoms with Crippen LogP contribution in [0.5, 0.6) is 0 Å². The molecule has 1 N–H and O–H groups in total. The molecule has 3 amide bonds. The van der Waals surface area contributed by atoms with E-state index >= 15 is 0 Å². The lowest BCUT2D eigenvalue weighted by molar-refractivity contribution is -0.143. The molecule has 7 heteroatoms. The minimum absolute atomic E-state index is 0.160. The molecule has 0 radical (unpaired) electrons. The number of benzene rings is 1. The molecule has 1 aromatic carbocycles. The lowest BCUT2D eigenvalue weighted by atomic mass is 9.97. The van der Waals surface area contributed by atoms with Crippen LogP contribution in [0, 0.1) is 0 Å². The van der Waals surface area contributed by atoms with Crippen LogP contribution in [0.4, 0.5) is 0 Å². The van der Waals surface area contributed by atoms with Gasteiger partial charge >= 0.3 is 0 Å². The number of imide groups is 1. The zero-order chi connectivity index (χ0) is 15.1. The van der Waals surface area contributed by atoms with Crippen molar-refractivity contribution in [3.63, 3.8) is 0 Å². The van der Waals surface area contributed by atoms with Gasteiger partial charge in [-0.05, 0) is 48.0 Å². The van der Waals surface area contributed by atoms with E-state index in [1.807, 2.05) is 0 Å². The van der Waals surface area contributed by atoms with Crippen molar-refractivity contribution < 1.29 is 14.4 Å². The summed E-state index contributed by atoms with van der Waals surface area (Å²) in [5, 5.41) is 2.71. The van der Waals surface area contributed by atoms with Gasteiger partial charge in [0, 0.05) is 9.50 Å². The Morgan fingerprint density at radius 1 is 1.40 bits per heavy atom. The monoisotopic (exact) mass is 358 g/mol. The van der Waals surface area contributed by atoms with Gasteiger partial charge in [-0.2, -0.15) is 0 Å². The van der Waals surface area contributed by atoms with Crippen molar-refractivity contribution in [2.45, 2.75) is 19.4 Å². The molecule has 0 atom stereocenters. The molecule has 1 heterocycles. The zero-order valence-corrected chi connectivity index (χ0v) is 13.2. The third-order valence-electron chi connectivity index (χ3n) is 3.19. The van der Waals surface area contributed by atoms with Crippen molar-refractivity contribution in [3.05, 3.63) is 33.3 Å². The van der Waals surface area contributed by atoms with E-state index in [4.69, 9.17) is 11.6 Å². The lowest BCUT2D eigenvalue weighted by Crippen LogP contribution is -2.65. The molecule has 1 aromatic rings. The maximum absolute atomic E-state index is 12.6. The fourth-order valence-corrected chi connectivity index (χ4v) is 2.77. The highest BCUT2D eigenvalue weighted by atomic mass is 79.9. The predicted octanol–water partition coefficient (Wildman–Crippen LogP) is 1.98. The number of carbonyl (C=O) groups excluding carboxylic acids is 3. The molecule has 0 aromatic heterocycles. The van der Waals surface area contributed by atoms with Gasteiger partial charge in [0.05, 0.1) is 5.56 Å². The van der Waals surface area contributed by atoms with Crippen molar-refractivity contribution >= 4 is 45.3 Å². The van der Waals surface area contributed by atoms with E-state index in [-0.39, 0.29) is 6.54 Å². The Morgan fingerprint density at radius 2 is 2.05 bits per heavy atom. The lowest BCUT2D eigenvalue weighted by Gasteiger charge is -2.40. The topological polar surface area (TPSA) is 66.5 Å². The van der Waals surface area contributed by atoms with Gasteiger partial charge in [0.15, 0.2) is 0 Å². The fourth-order valence-electron chi connectivity index (χ4n) is 1.92. The first-order valence-corrected chi connectivity index (χ1v) is 7.02. The molecule has 20 heavy (non-hydrogen) atoms. The normalized spacial score (nSPS) is 17.9. The van der Waals surface area contributed by atoms with Crippen molar-refractivity contribution in [3.8, 4) is 0 Å². The molecular weight excluding hydrogens is 348 g/mol. The average Bonchev–Trinajstić information content (AvgIpc) is 2.33. The quantitative estimate of drug-likeness (QED) is 0.780. The number of hydrogen-bond acceptors (Lipinski definition) is 3. The van der Waals surface area contributed by atoms with Gasteiger partial charge in [-0.3, -0.25) is 19.7 Å². The number of amides is 3. The van der Waals surface area contributed by atoms with Crippen LogP contribution in [0.25, 0.3) is 0 Å². The zero-order valence-electron chi connectivity index (χ0n) is 10.9. The van der Waals surface area contributed by atoms with Crippen LogP contribution in [-0.2, 0) is 9.59 Å². The standard InChI is InChI=1S/C13H12BrClN2O3/c1-13(2)12(20)16-10(18)6-17(13)11(19)8-4-3-7(15)5-9(8)14/h3-5H,6H2,1-2H3,(H,16,18,20). The molecule has 1 aliphatic heterocycles. The first-order chi connectivity index (χ1) is 9.23. The van der Waals surface area contributed by atoms with Crippen LogP contribution in [-0.4, -0.2) is 34.7 Å². The van der Waals surface area contributed by atoms with Gasteiger partial charge in [-0.1, -0.05) is 11.6 Å². The molecule has 0 spiro atoms. The van der Waals surface area contributed by atoms with E-state index in [0.717, 1.165) is 0 Å². The average molecular weight is 360 g/mol. The summed E-state index contributed by atoms with van der Waals surface area (Å²) in [6.45, 7) is 3.03. The fraction of sp³-hybridized carbons (Fsp3) is 0.308. The maximum Gasteiger partial charge on any atom is 0.256 e. The summed E-state index contributed by atoms with van der Waals surface area (Å²) in [6.07, 6.45) is 0. The molecule has 1 saturated heterocycles. The number of nitrogens with zero attached hydrogens (tertiary/aromatic N) is 1. The number of halogens is 2. The summed E-state index contributed by atoms with van der Waals surface area (Å²) < 4.78 is 0.518. The van der Waals surface area contributed by atoms with Gasteiger partial charge in [-0.15, -0.1) is 0 Å². The Morgan fingerprint density at radius 3 is 2.65 bits per heavy atom. The summed E-state index contributed by atoms with van der Waals surface area (Å²) in [7, 11) is 0. The highest BCUT2D eigenvalue weighted by molar-refractivity contribution is 9.10. The highest BCUT2D eigenvalue weighted by Gasteiger charge is 2.44. The van der Waals surface area contributed by atoms with Crippen LogP contribution >= 0.6 is 27.5 Å². The summed E-state index contributed by atoms with van der Waals surface area (Å²) >= 11 is 9.10. The SMILES string of the molecule is CC1(C)C(=O)NC(=O)CN1C(=O)c1ccc(Cl)cc1Br. The van der Waals surface area contributed by atoms with E-state index in [0.29, 0.717) is 15.1 Å². The first kappa shape index (κ1) is 15.0. The smallest absolute Gasteiger partial charge is 0.256 e. The van der Waals surface area contributed by atoms with E-state index in [1.54, 1.807) is 32.0 Å². The number of carbonyl (C=O) groups is 3. The maximum atomic E-state index is 12.6. The van der Waals surface area contributed by atoms with Crippen LogP contribution in [0.2, 0.25) is 5.02 Å². The summed E-state index contributed by atoms with van der Waals surface area (Å²) in [4.78, 5) is 37.2. The number of hydrogen-bond donors (Lipinski definition) is 1. The molecule has 0 unspecified atom stereocenters. The molecule has 0 aliphatic carbocycles. The number of rotatable bonds is 1. The number of piperazine rings is 1. The largest absolute Gasteiger partial charge is 0.315 e. The second-order valence-corrected chi connectivity index (χ2v) is 6.24. The van der Waals surface area contributed by atoms with E-state index < -0.39 is 23.3 Å². The second-order valence-electron chi connectivity index (χ2n) is 4.95. The van der Waals surface area contributed by atoms with Gasteiger partial charge < -0.3 is 4.90 Å². The Labute approximate surface area is 129 Å². The number of nitrogens with one attached hydrogen (secondary N) is 1. The molecule has 0 bridgehead atoms. The minimum Gasteiger partial charge on any atom is -0.315 e. The van der Waals surface area contributed by atoms with Gasteiger partial charge in [-0.25, -0.2) is 0 Å². The van der Waals surface area contributed by atoms with Gasteiger partial charge in [0.25, 0.3) is 11.8 Å². The first-order valence-electron chi connectivity index (χ1n) is 5.85. The van der Waals surface area contributed by atoms with Crippen LogP contribution < -0.4 is 5.32 Å². The summed E-state index contributed by atoms with van der Waals surface area (Å²) in [5.74, 6) is -1.39. The van der Waals surface area contributed by atoms with Crippen molar-refractivity contribution in [2.75, 3.05) is 6.54 Å². The van der Waals surface area contributed by atoms with Crippen LogP contribution in [0.15, 0.2) is 22.7 Å². The van der Waals surface area contributed by atoms with E-state index in [2.05, 4.69) is 21.2 Å². The second kappa shape index (κ2) is 5.18. The Hall–Kier alpha value is -1.40. The van der Waals surface area contributed by atoms with Crippen molar-refractivity contribution in [1.29, 1.82) is 0 Å². The van der Waals surface area contributed by atoms with Crippen molar-refractivity contribution in [2.24, 2.45) is 0 Å². The molecule has 2 rings (SSSR count). The molecule has 106 valence electrons. The Bertz CT molecular complexity index is 616. The van der Waals surface area contributed by atoms with Gasteiger partial charge in [0.1, 0.15) is 12.1 Å². The molecule has 5 nitrogen and oxygen atoms in total. The van der Waals surface area contributed by atoms with Gasteiger partial charge in [0.2, 0.25) is 5.91 Å². The third kappa shape index (κ3) is 2.58. The van der Waals surface area contributed by atoms with Crippen molar-refractivity contribution in [1.82, 2.24) is 10.2 Å². The Balaban J connectivity index is 2.40. The van der Waals surface area contributed by atoms with E-state index in [9.17, 15) is 14.4 Å². The highest BCUT2D eigenvalue weighted by Crippen LogP contribution is 2.26. The molecule has 1 aliphatic rings. The van der Waals surface area contributed by atoms with Crippen LogP contribution in [0.1, 0.15) is 24.2 Å². The summed E-state index contributed by atoms with van der Waals surface area (Å²) in [6, 6.07) is 4.73. The third-order valence-corrected chi connectivity index (χ3v) is 4.08. The summed E-state index contributed by atoms with van der Waals surface area (Å²) in [5.41, 5.74) is -0.741.